The molecule has 0 aliphatic rings. The number of carbonyl (C=O) groups excluding carboxylic acids is 1. The summed E-state index contributed by atoms with van der Waals surface area (Å²) in [5.74, 6) is 0.738. The van der Waals surface area contributed by atoms with Gasteiger partial charge < -0.3 is 14.7 Å². The van der Waals surface area contributed by atoms with Crippen LogP contribution in [0.5, 0.6) is 0 Å². The Bertz CT molecular complexity index is 397. The third-order valence-corrected chi connectivity index (χ3v) is 2.71. The number of carbonyl (C=O) groups is 1. The Balaban J connectivity index is 2.58. The fourth-order valence-corrected chi connectivity index (χ4v) is 1.74. The SMILES string of the molecule is Cc1noc(C(C)C)c1C(=O)NCCCN(C)C. The van der Waals surface area contributed by atoms with E-state index in [1.807, 2.05) is 27.9 Å². The molecular formula is C13H23N3O2. The standard InChI is InChI=1S/C13H23N3O2/c1-9(2)12-11(10(3)15-18-12)13(17)14-7-6-8-16(4)5/h9H,6-8H2,1-5H3,(H,14,17). The Morgan fingerprint density at radius 1 is 1.44 bits per heavy atom. The van der Waals surface area contributed by atoms with E-state index in [0.29, 0.717) is 23.6 Å². The van der Waals surface area contributed by atoms with Crippen LogP contribution in [0.4, 0.5) is 0 Å². The highest BCUT2D eigenvalue weighted by Crippen LogP contribution is 2.21. The average molecular weight is 253 g/mol. The van der Waals surface area contributed by atoms with Crippen molar-refractivity contribution in [2.75, 3.05) is 27.2 Å². The van der Waals surface area contributed by atoms with E-state index in [9.17, 15) is 4.79 Å². The zero-order chi connectivity index (χ0) is 13.7. The Kier molecular flexibility index (Phi) is 5.34. The summed E-state index contributed by atoms with van der Waals surface area (Å²) >= 11 is 0. The van der Waals surface area contributed by atoms with Gasteiger partial charge in [0.2, 0.25) is 0 Å². The first kappa shape index (κ1) is 14.7. The summed E-state index contributed by atoms with van der Waals surface area (Å²) in [6, 6.07) is 0. The molecule has 102 valence electrons. The first-order valence-electron chi connectivity index (χ1n) is 6.32. The van der Waals surface area contributed by atoms with Gasteiger partial charge in [-0.15, -0.1) is 0 Å². The van der Waals surface area contributed by atoms with Gasteiger partial charge in [-0.1, -0.05) is 19.0 Å². The molecule has 0 spiro atoms. The van der Waals surface area contributed by atoms with E-state index >= 15 is 0 Å². The van der Waals surface area contributed by atoms with Gasteiger partial charge in [-0.25, -0.2) is 0 Å². The summed E-state index contributed by atoms with van der Waals surface area (Å²) in [6.07, 6.45) is 0.931. The summed E-state index contributed by atoms with van der Waals surface area (Å²) < 4.78 is 5.20. The van der Waals surface area contributed by atoms with Crippen LogP contribution in [0.3, 0.4) is 0 Å². The van der Waals surface area contributed by atoms with Gasteiger partial charge in [-0.3, -0.25) is 4.79 Å². The number of nitrogens with one attached hydrogen (secondary N) is 1. The number of hydrogen-bond acceptors (Lipinski definition) is 4. The molecule has 0 aliphatic carbocycles. The summed E-state index contributed by atoms with van der Waals surface area (Å²) in [6.45, 7) is 7.40. The van der Waals surface area contributed by atoms with Crippen LogP contribution in [-0.2, 0) is 0 Å². The van der Waals surface area contributed by atoms with Crippen LogP contribution in [-0.4, -0.2) is 43.1 Å². The lowest BCUT2D eigenvalue weighted by molar-refractivity contribution is 0.0949. The normalized spacial score (nSPS) is 11.3. The van der Waals surface area contributed by atoms with Crippen LogP contribution in [0.2, 0.25) is 0 Å². The van der Waals surface area contributed by atoms with Crippen LogP contribution < -0.4 is 5.32 Å². The minimum Gasteiger partial charge on any atom is -0.360 e. The van der Waals surface area contributed by atoms with Gasteiger partial charge in [0.25, 0.3) is 5.91 Å². The van der Waals surface area contributed by atoms with Crippen molar-refractivity contribution >= 4 is 5.91 Å². The zero-order valence-corrected chi connectivity index (χ0v) is 11.9. The molecule has 1 heterocycles. The maximum absolute atomic E-state index is 12.1. The maximum Gasteiger partial charge on any atom is 0.256 e. The summed E-state index contributed by atoms with van der Waals surface area (Å²) in [7, 11) is 4.03. The summed E-state index contributed by atoms with van der Waals surface area (Å²) in [5, 5.41) is 6.78. The maximum atomic E-state index is 12.1. The molecule has 0 aliphatic heterocycles. The molecule has 0 atom stereocenters. The highest BCUT2D eigenvalue weighted by atomic mass is 16.5. The van der Waals surface area contributed by atoms with Crippen molar-refractivity contribution in [1.29, 1.82) is 0 Å². The first-order chi connectivity index (χ1) is 8.43. The Morgan fingerprint density at radius 2 is 2.11 bits per heavy atom. The third-order valence-electron chi connectivity index (χ3n) is 2.71. The molecule has 5 nitrogen and oxygen atoms in total. The van der Waals surface area contributed by atoms with Crippen molar-refractivity contribution < 1.29 is 9.32 Å². The molecule has 1 aromatic rings. The summed E-state index contributed by atoms with van der Waals surface area (Å²) in [4.78, 5) is 14.2. The van der Waals surface area contributed by atoms with Gasteiger partial charge in [-0.05, 0) is 34.0 Å². The van der Waals surface area contributed by atoms with Crippen LogP contribution in [0, 0.1) is 6.92 Å². The Morgan fingerprint density at radius 3 is 2.67 bits per heavy atom. The number of hydrogen-bond donors (Lipinski definition) is 1. The van der Waals surface area contributed by atoms with E-state index in [0.717, 1.165) is 13.0 Å². The van der Waals surface area contributed by atoms with Gasteiger partial charge in [0.15, 0.2) is 5.76 Å². The largest absolute Gasteiger partial charge is 0.360 e. The van der Waals surface area contributed by atoms with Crippen LogP contribution in [0.15, 0.2) is 4.52 Å². The highest BCUT2D eigenvalue weighted by molar-refractivity contribution is 5.96. The molecule has 18 heavy (non-hydrogen) atoms. The Hall–Kier alpha value is -1.36. The van der Waals surface area contributed by atoms with Crippen molar-refractivity contribution in [2.24, 2.45) is 0 Å². The predicted octanol–water partition coefficient (Wildman–Crippen LogP) is 1.79. The van der Waals surface area contributed by atoms with Gasteiger partial charge in [0.05, 0.1) is 5.69 Å². The van der Waals surface area contributed by atoms with Crippen molar-refractivity contribution in [3.63, 3.8) is 0 Å². The van der Waals surface area contributed by atoms with Crippen LogP contribution >= 0.6 is 0 Å². The first-order valence-corrected chi connectivity index (χ1v) is 6.32. The molecule has 0 saturated heterocycles. The average Bonchev–Trinajstić information content (AvgIpc) is 2.66. The number of aromatic nitrogens is 1. The Labute approximate surface area is 109 Å². The molecule has 0 bridgehead atoms. The van der Waals surface area contributed by atoms with Crippen molar-refractivity contribution in [3.05, 3.63) is 17.0 Å². The van der Waals surface area contributed by atoms with Crippen molar-refractivity contribution in [1.82, 2.24) is 15.4 Å². The molecule has 1 N–H and O–H groups in total. The smallest absolute Gasteiger partial charge is 0.256 e. The number of aryl methyl sites for hydroxylation is 1. The molecule has 0 aromatic carbocycles. The van der Waals surface area contributed by atoms with E-state index in [2.05, 4.69) is 15.4 Å². The molecule has 1 rings (SSSR count). The molecular weight excluding hydrogens is 230 g/mol. The number of nitrogens with zero attached hydrogens (tertiary/aromatic N) is 2. The fourth-order valence-electron chi connectivity index (χ4n) is 1.74. The van der Waals surface area contributed by atoms with E-state index < -0.39 is 0 Å². The molecule has 1 amide bonds. The molecule has 0 unspecified atom stereocenters. The van der Waals surface area contributed by atoms with Gasteiger partial charge in [0.1, 0.15) is 5.56 Å². The fraction of sp³-hybridized carbons (Fsp3) is 0.692. The molecule has 1 aromatic heterocycles. The highest BCUT2D eigenvalue weighted by Gasteiger charge is 2.21. The van der Waals surface area contributed by atoms with Gasteiger partial charge in [-0.2, -0.15) is 0 Å². The number of rotatable bonds is 6. The van der Waals surface area contributed by atoms with E-state index in [4.69, 9.17) is 4.52 Å². The number of amides is 1. The molecule has 0 fully saturated rings. The van der Waals surface area contributed by atoms with E-state index in [1.54, 1.807) is 6.92 Å². The lowest BCUT2D eigenvalue weighted by Gasteiger charge is -2.10. The van der Waals surface area contributed by atoms with E-state index in [-0.39, 0.29) is 11.8 Å². The van der Waals surface area contributed by atoms with Crippen molar-refractivity contribution in [3.8, 4) is 0 Å². The quantitative estimate of drug-likeness (QED) is 0.785. The topological polar surface area (TPSA) is 58.4 Å². The molecule has 0 radical (unpaired) electrons. The van der Waals surface area contributed by atoms with Gasteiger partial charge >= 0.3 is 0 Å². The third kappa shape index (κ3) is 3.84. The van der Waals surface area contributed by atoms with E-state index in [1.165, 1.54) is 0 Å². The lowest BCUT2D eigenvalue weighted by Crippen LogP contribution is -2.28. The van der Waals surface area contributed by atoms with Crippen LogP contribution in [0.25, 0.3) is 0 Å². The monoisotopic (exact) mass is 253 g/mol. The second kappa shape index (κ2) is 6.54. The lowest BCUT2D eigenvalue weighted by atomic mass is 10.0. The molecule has 5 heteroatoms. The zero-order valence-electron chi connectivity index (χ0n) is 11.9. The second-order valence-electron chi connectivity index (χ2n) is 5.07. The predicted molar refractivity (Wildman–Crippen MR) is 70.8 cm³/mol. The van der Waals surface area contributed by atoms with Gasteiger partial charge in [0, 0.05) is 12.5 Å². The van der Waals surface area contributed by atoms with Crippen LogP contribution in [0.1, 0.15) is 48.0 Å². The second-order valence-corrected chi connectivity index (χ2v) is 5.07. The minimum atomic E-state index is -0.0868. The van der Waals surface area contributed by atoms with Crippen molar-refractivity contribution in [2.45, 2.75) is 33.1 Å². The summed E-state index contributed by atoms with van der Waals surface area (Å²) in [5.41, 5.74) is 1.25. The molecule has 0 saturated carbocycles. The minimum absolute atomic E-state index is 0.0868.